The predicted octanol–water partition coefficient (Wildman–Crippen LogP) is 0.936. The summed E-state index contributed by atoms with van der Waals surface area (Å²) in [7, 11) is 3.39. The van der Waals surface area contributed by atoms with Crippen LogP contribution in [-0.4, -0.2) is 27.3 Å². The molecule has 0 saturated heterocycles. The van der Waals surface area contributed by atoms with Crippen molar-refractivity contribution in [3.05, 3.63) is 58.7 Å². The molecule has 0 fully saturated rings. The van der Waals surface area contributed by atoms with Gasteiger partial charge >= 0.3 is 0 Å². The van der Waals surface area contributed by atoms with Gasteiger partial charge in [0.1, 0.15) is 13.1 Å². The fraction of sp³-hybridized carbons (Fsp3) is 0.400. The Labute approximate surface area is 144 Å². The molecule has 1 heterocycles. The highest BCUT2D eigenvalue weighted by atomic mass is 16.5. The number of hydrogen-bond donors (Lipinski definition) is 2. The van der Waals surface area contributed by atoms with E-state index in [1.807, 2.05) is 0 Å². The van der Waals surface area contributed by atoms with Gasteiger partial charge in [-0.1, -0.05) is 24.3 Å². The molecule has 0 aliphatic carbocycles. The second-order valence-electron chi connectivity index (χ2n) is 6.51. The van der Waals surface area contributed by atoms with Crippen molar-refractivity contribution in [3.8, 4) is 11.5 Å². The Morgan fingerprint density at radius 3 is 2.50 bits per heavy atom. The van der Waals surface area contributed by atoms with E-state index < -0.39 is 0 Å². The van der Waals surface area contributed by atoms with E-state index in [0.717, 1.165) is 37.6 Å². The van der Waals surface area contributed by atoms with Crippen LogP contribution in [0.4, 0.5) is 0 Å². The molecular formula is C20H28N2O2+2. The third kappa shape index (κ3) is 3.12. The van der Waals surface area contributed by atoms with Crippen molar-refractivity contribution in [1.29, 1.82) is 0 Å². The normalized spacial score (nSPS) is 19.7. The predicted molar refractivity (Wildman–Crippen MR) is 94.5 cm³/mol. The van der Waals surface area contributed by atoms with Crippen molar-refractivity contribution in [3.63, 3.8) is 0 Å². The average molecular weight is 328 g/mol. The molecule has 128 valence electrons. The topological polar surface area (TPSA) is 50.5 Å². The van der Waals surface area contributed by atoms with Crippen molar-refractivity contribution >= 4 is 0 Å². The number of quaternary nitrogens is 2. The Morgan fingerprint density at radius 2 is 1.83 bits per heavy atom. The number of fused-ring (bicyclic) bond motifs is 1. The summed E-state index contributed by atoms with van der Waals surface area (Å²) in [6.07, 6.45) is 1.06. The molecule has 1 aliphatic rings. The van der Waals surface area contributed by atoms with Gasteiger partial charge in [-0.3, -0.25) is 0 Å². The summed E-state index contributed by atoms with van der Waals surface area (Å²) >= 11 is 0. The van der Waals surface area contributed by atoms with Crippen LogP contribution >= 0.6 is 0 Å². The van der Waals surface area contributed by atoms with Gasteiger partial charge in [0.05, 0.1) is 20.8 Å². The SMILES string of the molecule is COc1cc2c(cc1OC)[C@@H](C[NH3+])[NH+](Cc1ccccc1C)CC2. The van der Waals surface area contributed by atoms with Crippen molar-refractivity contribution in [2.24, 2.45) is 0 Å². The average Bonchev–Trinajstić information content (AvgIpc) is 2.62. The number of methoxy groups -OCH3 is 2. The maximum atomic E-state index is 5.51. The number of benzene rings is 2. The van der Waals surface area contributed by atoms with E-state index in [0.29, 0.717) is 6.04 Å². The van der Waals surface area contributed by atoms with Gasteiger partial charge in [0.2, 0.25) is 0 Å². The second-order valence-corrected chi connectivity index (χ2v) is 6.51. The molecule has 1 aliphatic heterocycles. The number of rotatable bonds is 5. The number of nitrogens with one attached hydrogen (secondary N) is 1. The molecular weight excluding hydrogens is 300 g/mol. The standard InChI is InChI=1S/C20H26N2O2/c1-14-6-4-5-7-16(14)13-22-9-8-15-10-19(23-2)20(24-3)11-17(15)18(22)12-21/h4-7,10-11,18H,8-9,12-13,21H2,1-3H3/p+2/t18-/m1/s1. The van der Waals surface area contributed by atoms with Gasteiger partial charge in [-0.05, 0) is 30.2 Å². The van der Waals surface area contributed by atoms with E-state index in [1.165, 1.54) is 22.3 Å². The molecule has 4 heteroatoms. The minimum atomic E-state index is 0.396. The zero-order valence-electron chi connectivity index (χ0n) is 14.9. The van der Waals surface area contributed by atoms with Gasteiger partial charge in [0.25, 0.3) is 0 Å². The zero-order chi connectivity index (χ0) is 17.1. The van der Waals surface area contributed by atoms with Crippen LogP contribution in [0.25, 0.3) is 0 Å². The molecule has 2 aromatic carbocycles. The van der Waals surface area contributed by atoms with Crippen LogP contribution in [0.1, 0.15) is 28.3 Å². The van der Waals surface area contributed by atoms with Gasteiger partial charge in [0.15, 0.2) is 17.5 Å². The third-order valence-electron chi connectivity index (χ3n) is 5.20. The van der Waals surface area contributed by atoms with Crippen LogP contribution in [-0.2, 0) is 13.0 Å². The van der Waals surface area contributed by atoms with E-state index in [-0.39, 0.29) is 0 Å². The van der Waals surface area contributed by atoms with E-state index in [4.69, 9.17) is 9.47 Å². The number of ether oxygens (including phenoxy) is 2. The molecule has 3 rings (SSSR count). The number of aryl methyl sites for hydroxylation is 1. The third-order valence-corrected chi connectivity index (χ3v) is 5.20. The molecule has 1 unspecified atom stereocenters. The van der Waals surface area contributed by atoms with Gasteiger partial charge in [0, 0.05) is 17.5 Å². The highest BCUT2D eigenvalue weighted by Gasteiger charge is 2.33. The maximum absolute atomic E-state index is 5.51. The summed E-state index contributed by atoms with van der Waals surface area (Å²) in [5, 5.41) is 0. The summed E-state index contributed by atoms with van der Waals surface area (Å²) in [6, 6.07) is 13.4. The molecule has 0 spiro atoms. The van der Waals surface area contributed by atoms with Crippen LogP contribution < -0.4 is 20.1 Å². The Morgan fingerprint density at radius 1 is 1.12 bits per heavy atom. The fourth-order valence-corrected chi connectivity index (χ4v) is 3.79. The lowest BCUT2D eigenvalue weighted by atomic mass is 9.91. The lowest BCUT2D eigenvalue weighted by Gasteiger charge is -2.33. The summed E-state index contributed by atoms with van der Waals surface area (Å²) in [4.78, 5) is 1.58. The van der Waals surface area contributed by atoms with Crippen LogP contribution in [0.5, 0.6) is 11.5 Å². The Balaban J connectivity index is 1.93. The van der Waals surface area contributed by atoms with E-state index >= 15 is 0 Å². The van der Waals surface area contributed by atoms with E-state index in [1.54, 1.807) is 19.1 Å². The first kappa shape index (κ1) is 16.8. The first-order valence-electron chi connectivity index (χ1n) is 8.61. The van der Waals surface area contributed by atoms with Crippen molar-refractivity contribution in [2.75, 3.05) is 27.3 Å². The van der Waals surface area contributed by atoms with Gasteiger partial charge in [-0.2, -0.15) is 0 Å². The molecule has 0 bridgehead atoms. The molecule has 2 aromatic rings. The fourth-order valence-electron chi connectivity index (χ4n) is 3.79. The first-order valence-corrected chi connectivity index (χ1v) is 8.61. The Kier molecular flexibility index (Phi) is 5.07. The molecule has 0 amide bonds. The van der Waals surface area contributed by atoms with Crippen LogP contribution in [0, 0.1) is 6.92 Å². The van der Waals surface area contributed by atoms with Gasteiger partial charge in [-0.25, -0.2) is 0 Å². The van der Waals surface area contributed by atoms with Crippen LogP contribution in [0.2, 0.25) is 0 Å². The lowest BCUT2D eigenvalue weighted by Crippen LogP contribution is -3.13. The summed E-state index contributed by atoms with van der Waals surface area (Å²) < 4.78 is 11.0. The van der Waals surface area contributed by atoms with Gasteiger partial charge in [-0.15, -0.1) is 0 Å². The molecule has 0 saturated carbocycles. The zero-order valence-corrected chi connectivity index (χ0v) is 14.9. The maximum Gasteiger partial charge on any atom is 0.163 e. The van der Waals surface area contributed by atoms with E-state index in [9.17, 15) is 0 Å². The highest BCUT2D eigenvalue weighted by molar-refractivity contribution is 5.48. The minimum Gasteiger partial charge on any atom is -0.493 e. The number of hydrogen-bond acceptors (Lipinski definition) is 2. The molecule has 2 atom stereocenters. The first-order chi connectivity index (χ1) is 11.7. The lowest BCUT2D eigenvalue weighted by molar-refractivity contribution is -0.952. The van der Waals surface area contributed by atoms with Gasteiger partial charge < -0.3 is 20.1 Å². The Hall–Kier alpha value is -2.04. The molecule has 4 nitrogen and oxygen atoms in total. The largest absolute Gasteiger partial charge is 0.493 e. The van der Waals surface area contributed by atoms with Crippen molar-refractivity contribution in [2.45, 2.75) is 25.9 Å². The highest BCUT2D eigenvalue weighted by Crippen LogP contribution is 2.33. The summed E-state index contributed by atoms with van der Waals surface area (Å²) in [5.41, 5.74) is 9.75. The minimum absolute atomic E-state index is 0.396. The monoisotopic (exact) mass is 328 g/mol. The smallest absolute Gasteiger partial charge is 0.163 e. The molecule has 24 heavy (non-hydrogen) atoms. The Bertz CT molecular complexity index is 715. The summed E-state index contributed by atoms with van der Waals surface area (Å²) in [5.74, 6) is 1.63. The van der Waals surface area contributed by atoms with Crippen molar-refractivity contribution < 1.29 is 20.1 Å². The molecule has 4 N–H and O–H groups in total. The summed E-state index contributed by atoms with van der Waals surface area (Å²) in [6.45, 7) is 5.24. The molecule has 0 aromatic heterocycles. The van der Waals surface area contributed by atoms with E-state index in [2.05, 4.69) is 49.1 Å². The quantitative estimate of drug-likeness (QED) is 0.858. The second kappa shape index (κ2) is 7.24. The molecule has 0 radical (unpaired) electrons. The van der Waals surface area contributed by atoms with Crippen molar-refractivity contribution in [1.82, 2.24) is 0 Å². The van der Waals surface area contributed by atoms with Crippen LogP contribution in [0.3, 0.4) is 0 Å². The van der Waals surface area contributed by atoms with Crippen LogP contribution in [0.15, 0.2) is 36.4 Å².